The lowest BCUT2D eigenvalue weighted by molar-refractivity contribution is 0.475. The lowest BCUT2D eigenvalue weighted by Crippen LogP contribution is -1.81. The first-order valence-electron chi connectivity index (χ1n) is 6.36. The Morgan fingerprint density at radius 1 is 0.500 bits per heavy atom. The van der Waals surface area contributed by atoms with Crippen molar-refractivity contribution in [3.63, 3.8) is 0 Å². The zero-order valence-corrected chi connectivity index (χ0v) is 11.0. The maximum absolute atomic E-state index is 8.63. The van der Waals surface area contributed by atoms with Crippen LogP contribution < -0.4 is 4.74 Å². The van der Waals surface area contributed by atoms with Gasteiger partial charge >= 0.3 is 0 Å². The molecule has 0 saturated carbocycles. The fraction of sp³-hybridized carbons (Fsp3) is 0. The van der Waals surface area contributed by atoms with E-state index in [1.54, 1.807) is 24.3 Å². The van der Waals surface area contributed by atoms with Crippen molar-refractivity contribution >= 4 is 0 Å². The third-order valence-electron chi connectivity index (χ3n) is 2.48. The van der Waals surface area contributed by atoms with Crippen LogP contribution in [0.3, 0.4) is 0 Å². The monoisotopic (exact) mass is 264 g/mol. The van der Waals surface area contributed by atoms with E-state index in [2.05, 4.69) is 0 Å². The molecule has 0 spiro atoms. The van der Waals surface area contributed by atoms with E-state index in [4.69, 9.17) is 9.84 Å². The number of phenols is 1. The quantitative estimate of drug-likeness (QED) is 0.715. The number of benzene rings is 3. The van der Waals surface area contributed by atoms with Gasteiger partial charge in [-0.3, -0.25) is 0 Å². The van der Waals surface area contributed by atoms with E-state index >= 15 is 0 Å². The van der Waals surface area contributed by atoms with Gasteiger partial charge in [-0.05, 0) is 36.4 Å². The molecule has 0 radical (unpaired) electrons. The second-order valence-electron chi connectivity index (χ2n) is 4.06. The predicted molar refractivity (Wildman–Crippen MR) is 81.1 cm³/mol. The molecule has 0 heterocycles. The second kappa shape index (κ2) is 7.64. The average Bonchev–Trinajstić information content (AvgIpc) is 2.51. The molecule has 0 amide bonds. The number of ether oxygens (including phenoxy) is 1. The molecule has 0 bridgehead atoms. The van der Waals surface area contributed by atoms with Gasteiger partial charge in [0.1, 0.15) is 17.2 Å². The van der Waals surface area contributed by atoms with Crippen molar-refractivity contribution in [2.24, 2.45) is 0 Å². The van der Waals surface area contributed by atoms with E-state index < -0.39 is 0 Å². The van der Waals surface area contributed by atoms with Crippen molar-refractivity contribution < 1.29 is 9.84 Å². The van der Waals surface area contributed by atoms with Crippen LogP contribution >= 0.6 is 0 Å². The molecule has 0 aliphatic carbocycles. The van der Waals surface area contributed by atoms with Gasteiger partial charge in [-0.1, -0.05) is 54.6 Å². The molecule has 1 N–H and O–H groups in total. The van der Waals surface area contributed by atoms with Gasteiger partial charge in [-0.15, -0.1) is 0 Å². The fourth-order valence-electron chi connectivity index (χ4n) is 1.54. The predicted octanol–water partition coefficient (Wildman–Crippen LogP) is 4.87. The van der Waals surface area contributed by atoms with Crippen LogP contribution in [-0.4, -0.2) is 5.11 Å². The van der Waals surface area contributed by atoms with Crippen molar-refractivity contribution in [2.75, 3.05) is 0 Å². The van der Waals surface area contributed by atoms with Gasteiger partial charge in [-0.25, -0.2) is 0 Å². The average molecular weight is 264 g/mol. The molecule has 0 aromatic heterocycles. The third kappa shape index (κ3) is 4.86. The molecule has 0 saturated heterocycles. The molecule has 0 unspecified atom stereocenters. The van der Waals surface area contributed by atoms with Crippen molar-refractivity contribution in [2.45, 2.75) is 0 Å². The van der Waals surface area contributed by atoms with Crippen molar-refractivity contribution in [1.29, 1.82) is 0 Å². The lowest BCUT2D eigenvalue weighted by atomic mass is 10.3. The van der Waals surface area contributed by atoms with Gasteiger partial charge in [0.25, 0.3) is 0 Å². The van der Waals surface area contributed by atoms with Crippen molar-refractivity contribution in [3.05, 3.63) is 91.0 Å². The summed E-state index contributed by atoms with van der Waals surface area (Å²) in [5.41, 5.74) is 0. The molecular weight excluding hydrogens is 248 g/mol. The van der Waals surface area contributed by atoms with Crippen molar-refractivity contribution in [3.8, 4) is 17.2 Å². The number of aromatic hydroxyl groups is 1. The Kier molecular flexibility index (Phi) is 5.23. The number of phenolic OH excluding ortho intramolecular Hbond substituents is 1. The number of hydrogen-bond donors (Lipinski definition) is 1. The molecule has 0 atom stereocenters. The lowest BCUT2D eigenvalue weighted by Gasteiger charge is -2.03. The Labute approximate surface area is 118 Å². The van der Waals surface area contributed by atoms with Crippen LogP contribution in [0.25, 0.3) is 0 Å². The highest BCUT2D eigenvalue weighted by Gasteiger charge is 1.92. The minimum atomic E-state index is 0.322. The highest BCUT2D eigenvalue weighted by atomic mass is 16.5. The van der Waals surface area contributed by atoms with E-state index in [0.717, 1.165) is 11.5 Å². The Balaban J connectivity index is 0.000000178. The molecule has 0 aliphatic heterocycles. The van der Waals surface area contributed by atoms with Gasteiger partial charge in [0.15, 0.2) is 0 Å². The molecule has 3 aromatic rings. The molecule has 0 fully saturated rings. The normalized spacial score (nSPS) is 9.20. The molecule has 2 heteroatoms. The van der Waals surface area contributed by atoms with Crippen LogP contribution in [0.15, 0.2) is 91.0 Å². The van der Waals surface area contributed by atoms with E-state index in [-0.39, 0.29) is 0 Å². The Morgan fingerprint density at radius 2 is 0.850 bits per heavy atom. The summed E-state index contributed by atoms with van der Waals surface area (Å²) in [7, 11) is 0. The molecule has 20 heavy (non-hydrogen) atoms. The van der Waals surface area contributed by atoms with E-state index in [0.29, 0.717) is 5.75 Å². The second-order valence-corrected chi connectivity index (χ2v) is 4.06. The Bertz CT molecular complexity index is 555. The highest BCUT2D eigenvalue weighted by molar-refractivity contribution is 5.30. The number of rotatable bonds is 2. The van der Waals surface area contributed by atoms with E-state index in [1.165, 1.54) is 0 Å². The van der Waals surface area contributed by atoms with Gasteiger partial charge < -0.3 is 9.84 Å². The van der Waals surface area contributed by atoms with Gasteiger partial charge in [0, 0.05) is 0 Å². The highest BCUT2D eigenvalue weighted by Crippen LogP contribution is 2.19. The molecule has 100 valence electrons. The maximum atomic E-state index is 8.63. The standard InChI is InChI=1S/C12H10O.C6H6O/c1-3-7-11(8-4-1)13-12-9-5-2-6-10-12;7-6-4-2-1-3-5-6/h1-10H;1-5,7H. The van der Waals surface area contributed by atoms with Gasteiger partial charge in [0.2, 0.25) is 0 Å². The summed E-state index contributed by atoms with van der Waals surface area (Å²) in [5, 5.41) is 8.63. The van der Waals surface area contributed by atoms with Gasteiger partial charge in [0.05, 0.1) is 0 Å². The summed E-state index contributed by atoms with van der Waals surface area (Å²) in [6, 6.07) is 28.2. The number of hydrogen-bond acceptors (Lipinski definition) is 2. The molecule has 0 aliphatic rings. The zero-order chi connectivity index (χ0) is 14.0. The zero-order valence-electron chi connectivity index (χ0n) is 11.0. The van der Waals surface area contributed by atoms with E-state index in [1.807, 2.05) is 66.7 Å². The topological polar surface area (TPSA) is 29.5 Å². The van der Waals surface area contributed by atoms with Crippen LogP contribution in [-0.2, 0) is 0 Å². The van der Waals surface area contributed by atoms with Crippen molar-refractivity contribution in [1.82, 2.24) is 0 Å². The molecular formula is C18H16O2. The fourth-order valence-corrected chi connectivity index (χ4v) is 1.54. The van der Waals surface area contributed by atoms with Crippen LogP contribution in [0.1, 0.15) is 0 Å². The largest absolute Gasteiger partial charge is 0.508 e. The summed E-state index contributed by atoms with van der Waals surface area (Å²) >= 11 is 0. The maximum Gasteiger partial charge on any atom is 0.127 e. The third-order valence-corrected chi connectivity index (χ3v) is 2.48. The summed E-state index contributed by atoms with van der Waals surface area (Å²) in [5.74, 6) is 2.06. The Morgan fingerprint density at radius 3 is 1.15 bits per heavy atom. The number of para-hydroxylation sites is 3. The first kappa shape index (κ1) is 13.7. The van der Waals surface area contributed by atoms with E-state index in [9.17, 15) is 0 Å². The SMILES string of the molecule is Oc1ccccc1.c1ccc(Oc2ccccc2)cc1. The summed E-state index contributed by atoms with van der Waals surface area (Å²) in [4.78, 5) is 0. The van der Waals surface area contributed by atoms with Gasteiger partial charge in [-0.2, -0.15) is 0 Å². The Hall–Kier alpha value is -2.74. The van der Waals surface area contributed by atoms with Crippen LogP contribution in [0, 0.1) is 0 Å². The first-order valence-corrected chi connectivity index (χ1v) is 6.36. The summed E-state index contributed by atoms with van der Waals surface area (Å²) in [6.07, 6.45) is 0. The molecule has 3 aromatic carbocycles. The minimum absolute atomic E-state index is 0.322. The van der Waals surface area contributed by atoms with Crippen LogP contribution in [0.2, 0.25) is 0 Å². The summed E-state index contributed by atoms with van der Waals surface area (Å²) < 4.78 is 5.58. The summed E-state index contributed by atoms with van der Waals surface area (Å²) in [6.45, 7) is 0. The van der Waals surface area contributed by atoms with Crippen LogP contribution in [0.4, 0.5) is 0 Å². The first-order chi connectivity index (χ1) is 9.84. The van der Waals surface area contributed by atoms with Crippen LogP contribution in [0.5, 0.6) is 17.2 Å². The molecule has 3 rings (SSSR count). The minimum Gasteiger partial charge on any atom is -0.508 e. The molecule has 2 nitrogen and oxygen atoms in total. The smallest absolute Gasteiger partial charge is 0.127 e.